The van der Waals surface area contributed by atoms with Gasteiger partial charge in [-0.15, -0.1) is 0 Å². The topological polar surface area (TPSA) is 77.9 Å². The summed E-state index contributed by atoms with van der Waals surface area (Å²) in [4.78, 5) is 6.54. The fourth-order valence-electron chi connectivity index (χ4n) is 4.40. The van der Waals surface area contributed by atoms with Crippen molar-refractivity contribution in [3.8, 4) is 0 Å². The second kappa shape index (κ2) is 8.88. The molecule has 2 aromatic carbocycles. The van der Waals surface area contributed by atoms with Gasteiger partial charge in [0.1, 0.15) is 0 Å². The van der Waals surface area contributed by atoms with Crippen molar-refractivity contribution in [3.05, 3.63) is 53.6 Å². The molecular formula is C22H28N2O4S2. The Labute approximate surface area is 180 Å². The molecule has 8 heteroatoms. The summed E-state index contributed by atoms with van der Waals surface area (Å²) in [5.74, 6) is 0. The highest BCUT2D eigenvalue weighted by Gasteiger charge is 2.32. The zero-order valence-electron chi connectivity index (χ0n) is 17.2. The summed E-state index contributed by atoms with van der Waals surface area (Å²) < 4.78 is 37.8. The maximum atomic E-state index is 13.4. The fourth-order valence-corrected chi connectivity index (χ4v) is 6.48. The lowest BCUT2D eigenvalue weighted by Crippen LogP contribution is -2.48. The molecule has 0 bridgehead atoms. The number of benzene rings is 2. The molecule has 1 fully saturated rings. The van der Waals surface area contributed by atoms with E-state index in [0.29, 0.717) is 11.3 Å². The molecule has 2 heterocycles. The molecule has 0 saturated carbocycles. The highest BCUT2D eigenvalue weighted by Crippen LogP contribution is 2.38. The maximum Gasteiger partial charge on any atom is 0.175 e. The Morgan fingerprint density at radius 1 is 1.07 bits per heavy atom. The quantitative estimate of drug-likeness (QED) is 0.752. The molecule has 0 radical (unpaired) electrons. The zero-order valence-corrected chi connectivity index (χ0v) is 18.8. The second-order valence-electron chi connectivity index (χ2n) is 8.02. The Morgan fingerprint density at radius 2 is 1.80 bits per heavy atom. The van der Waals surface area contributed by atoms with Gasteiger partial charge in [-0.3, -0.25) is 4.90 Å². The summed E-state index contributed by atoms with van der Waals surface area (Å²) in [6.07, 6.45) is 2.70. The fraction of sp³-hybridized carbons (Fsp3) is 0.455. The minimum absolute atomic E-state index is 0.0192. The lowest BCUT2D eigenvalue weighted by molar-refractivity contribution is 0.0898. The van der Waals surface area contributed by atoms with Crippen LogP contribution in [0.25, 0.3) is 0 Å². The Bertz CT molecular complexity index is 1050. The van der Waals surface area contributed by atoms with Crippen LogP contribution in [0.4, 0.5) is 0 Å². The number of piperazine rings is 1. The third kappa shape index (κ3) is 4.38. The van der Waals surface area contributed by atoms with E-state index in [1.807, 2.05) is 24.3 Å². The van der Waals surface area contributed by atoms with Gasteiger partial charge in [0.25, 0.3) is 0 Å². The van der Waals surface area contributed by atoms with Gasteiger partial charge in [-0.2, -0.15) is 0 Å². The molecule has 0 aromatic heterocycles. The number of sulfone groups is 1. The van der Waals surface area contributed by atoms with E-state index in [0.717, 1.165) is 55.2 Å². The van der Waals surface area contributed by atoms with Crippen LogP contribution in [0.2, 0.25) is 0 Å². The summed E-state index contributed by atoms with van der Waals surface area (Å²) in [5, 5.41) is 9.09. The van der Waals surface area contributed by atoms with Gasteiger partial charge in [0.15, 0.2) is 9.84 Å². The summed E-state index contributed by atoms with van der Waals surface area (Å²) in [5.41, 5.74) is 1.91. The predicted molar refractivity (Wildman–Crippen MR) is 117 cm³/mol. The molecule has 4 rings (SSSR count). The third-order valence-corrected chi connectivity index (χ3v) is 8.71. The van der Waals surface area contributed by atoms with Gasteiger partial charge in [0.05, 0.1) is 15.7 Å². The van der Waals surface area contributed by atoms with E-state index in [9.17, 15) is 12.6 Å². The number of nitrogens with zero attached hydrogens (tertiary/aromatic N) is 2. The van der Waals surface area contributed by atoms with Crippen molar-refractivity contribution < 1.29 is 17.7 Å². The number of fused-ring (bicyclic) bond motifs is 2. The highest BCUT2D eigenvalue weighted by atomic mass is 32.2. The summed E-state index contributed by atoms with van der Waals surface area (Å²) in [6, 6.07) is 12.8. The standard InChI is InChI=1S/C22H28N2O4S2/c1-30(27,28)18-7-8-22-19(16-18)20(15-17-5-2-3-6-21(17)29(22)26)24-12-10-23(11-13-24)9-4-14-25/h2-3,5-8,16,20,25H,4,9-15H2,1H3. The summed E-state index contributed by atoms with van der Waals surface area (Å²) in [6.45, 7) is 4.61. The molecule has 2 aromatic rings. The van der Waals surface area contributed by atoms with Gasteiger partial charge in [0, 0.05) is 61.4 Å². The Morgan fingerprint density at radius 3 is 2.50 bits per heavy atom. The van der Waals surface area contributed by atoms with Gasteiger partial charge < -0.3 is 10.0 Å². The molecule has 30 heavy (non-hydrogen) atoms. The van der Waals surface area contributed by atoms with Crippen molar-refractivity contribution in [2.24, 2.45) is 0 Å². The van der Waals surface area contributed by atoms with Crippen LogP contribution in [-0.4, -0.2) is 73.1 Å². The maximum absolute atomic E-state index is 13.4. The van der Waals surface area contributed by atoms with Crippen LogP contribution in [0.15, 0.2) is 57.2 Å². The van der Waals surface area contributed by atoms with Gasteiger partial charge in [-0.25, -0.2) is 12.6 Å². The first kappa shape index (κ1) is 21.6. The van der Waals surface area contributed by atoms with E-state index in [1.165, 1.54) is 6.26 Å². The minimum atomic E-state index is -3.36. The van der Waals surface area contributed by atoms with E-state index < -0.39 is 20.6 Å². The van der Waals surface area contributed by atoms with Crippen LogP contribution in [0.5, 0.6) is 0 Å². The monoisotopic (exact) mass is 448 g/mol. The van der Waals surface area contributed by atoms with Crippen molar-refractivity contribution in [1.29, 1.82) is 0 Å². The first-order chi connectivity index (χ1) is 14.4. The largest absolute Gasteiger partial charge is 0.396 e. The van der Waals surface area contributed by atoms with Crippen molar-refractivity contribution in [2.45, 2.75) is 33.6 Å². The van der Waals surface area contributed by atoms with Gasteiger partial charge in [0.2, 0.25) is 0 Å². The van der Waals surface area contributed by atoms with E-state index >= 15 is 0 Å². The molecule has 0 amide bonds. The normalized spacial score (nSPS) is 22.9. The van der Waals surface area contributed by atoms with E-state index in [1.54, 1.807) is 18.2 Å². The average molecular weight is 449 g/mol. The summed E-state index contributed by atoms with van der Waals surface area (Å²) >= 11 is 0. The van der Waals surface area contributed by atoms with E-state index in [2.05, 4.69) is 9.80 Å². The average Bonchev–Trinajstić information content (AvgIpc) is 2.87. The SMILES string of the molecule is CS(=O)(=O)c1ccc2c(c1)C(N1CCN(CCCO)CC1)Cc1ccccc1S2=O. The zero-order chi connectivity index (χ0) is 21.3. The Hall–Kier alpha value is -1.58. The third-order valence-electron chi connectivity index (χ3n) is 6.03. The number of aliphatic hydroxyl groups excluding tert-OH is 1. The van der Waals surface area contributed by atoms with E-state index in [-0.39, 0.29) is 17.5 Å². The number of aliphatic hydroxyl groups is 1. The lowest BCUT2D eigenvalue weighted by Gasteiger charge is -2.39. The van der Waals surface area contributed by atoms with Gasteiger partial charge in [-0.05, 0) is 48.2 Å². The van der Waals surface area contributed by atoms with Crippen molar-refractivity contribution in [2.75, 3.05) is 45.6 Å². The molecule has 2 atom stereocenters. The molecule has 2 aliphatic heterocycles. The Balaban J connectivity index is 1.73. The van der Waals surface area contributed by atoms with Crippen molar-refractivity contribution in [3.63, 3.8) is 0 Å². The number of rotatable bonds is 5. The van der Waals surface area contributed by atoms with Crippen molar-refractivity contribution >= 4 is 20.6 Å². The predicted octanol–water partition coefficient (Wildman–Crippen LogP) is 1.85. The van der Waals surface area contributed by atoms with Crippen molar-refractivity contribution in [1.82, 2.24) is 9.80 Å². The van der Waals surface area contributed by atoms with Gasteiger partial charge >= 0.3 is 0 Å². The molecule has 6 nitrogen and oxygen atoms in total. The van der Waals surface area contributed by atoms with Crippen LogP contribution in [0, 0.1) is 0 Å². The van der Waals surface area contributed by atoms with Crippen LogP contribution < -0.4 is 0 Å². The number of hydrogen-bond donors (Lipinski definition) is 1. The number of hydrogen-bond acceptors (Lipinski definition) is 6. The first-order valence-corrected chi connectivity index (χ1v) is 13.3. The molecule has 162 valence electrons. The Kier molecular flexibility index (Phi) is 6.41. The van der Waals surface area contributed by atoms with Crippen LogP contribution >= 0.6 is 0 Å². The van der Waals surface area contributed by atoms with Crippen LogP contribution in [-0.2, 0) is 27.1 Å². The molecule has 0 aliphatic carbocycles. The molecule has 2 unspecified atom stereocenters. The first-order valence-electron chi connectivity index (χ1n) is 10.3. The van der Waals surface area contributed by atoms with Gasteiger partial charge in [-0.1, -0.05) is 18.2 Å². The molecule has 1 N–H and O–H groups in total. The smallest absolute Gasteiger partial charge is 0.175 e. The summed E-state index contributed by atoms with van der Waals surface area (Å²) in [7, 11) is -4.69. The minimum Gasteiger partial charge on any atom is -0.396 e. The van der Waals surface area contributed by atoms with Crippen LogP contribution in [0.3, 0.4) is 0 Å². The second-order valence-corrected chi connectivity index (χ2v) is 11.5. The lowest BCUT2D eigenvalue weighted by atomic mass is 9.96. The molecule has 0 spiro atoms. The van der Waals surface area contributed by atoms with Crippen LogP contribution in [0.1, 0.15) is 23.6 Å². The van der Waals surface area contributed by atoms with E-state index in [4.69, 9.17) is 5.11 Å². The molecule has 1 saturated heterocycles. The highest BCUT2D eigenvalue weighted by molar-refractivity contribution is 7.90. The molecule has 2 aliphatic rings. The molecular weight excluding hydrogens is 420 g/mol.